The smallest absolute Gasteiger partial charge is 0.307 e. The first-order valence-electron chi connectivity index (χ1n) is 7.78. The van der Waals surface area contributed by atoms with Gasteiger partial charge < -0.3 is 5.11 Å². The van der Waals surface area contributed by atoms with E-state index >= 15 is 0 Å². The second-order valence-corrected chi connectivity index (χ2v) is 5.97. The van der Waals surface area contributed by atoms with E-state index in [1.807, 2.05) is 48.5 Å². The second kappa shape index (κ2) is 8.14. The molecule has 0 aliphatic carbocycles. The van der Waals surface area contributed by atoms with Crippen molar-refractivity contribution >= 4 is 18.4 Å². The van der Waals surface area contributed by atoms with Crippen LogP contribution in [0.1, 0.15) is 23.5 Å². The van der Waals surface area contributed by atoms with Crippen LogP contribution in [0, 0.1) is 5.92 Å². The Balaban J connectivity index is 0.00000192. The van der Waals surface area contributed by atoms with Crippen LogP contribution in [0.25, 0.3) is 0 Å². The van der Waals surface area contributed by atoms with Gasteiger partial charge in [0.2, 0.25) is 0 Å². The zero-order valence-corrected chi connectivity index (χ0v) is 13.8. The van der Waals surface area contributed by atoms with E-state index in [2.05, 4.69) is 17.0 Å². The van der Waals surface area contributed by atoms with Crippen molar-refractivity contribution in [1.82, 2.24) is 4.90 Å². The lowest BCUT2D eigenvalue weighted by atomic mass is 9.80. The van der Waals surface area contributed by atoms with Crippen molar-refractivity contribution in [3.8, 4) is 0 Å². The molecule has 0 radical (unpaired) electrons. The van der Waals surface area contributed by atoms with Gasteiger partial charge in [0.25, 0.3) is 0 Å². The summed E-state index contributed by atoms with van der Waals surface area (Å²) >= 11 is 0. The number of nitrogens with zero attached hydrogens (tertiary/aromatic N) is 1. The highest BCUT2D eigenvalue weighted by atomic mass is 35.5. The van der Waals surface area contributed by atoms with Gasteiger partial charge in [-0.15, -0.1) is 12.4 Å². The Morgan fingerprint density at radius 2 is 1.65 bits per heavy atom. The van der Waals surface area contributed by atoms with Crippen LogP contribution in [-0.2, 0) is 11.3 Å². The van der Waals surface area contributed by atoms with Gasteiger partial charge in [0, 0.05) is 19.0 Å². The standard InChI is InChI=1S/C19H21NO2.ClH/c21-19(22)17-11-12-20(13-15-7-3-1-4-8-15)14-18(17)16-9-5-2-6-10-16;/h1-10,17-18H,11-14H2,(H,21,22);1H/t17-,18+;/m1./s1. The van der Waals surface area contributed by atoms with Crippen molar-refractivity contribution in [2.45, 2.75) is 18.9 Å². The predicted octanol–water partition coefficient (Wildman–Crippen LogP) is 3.80. The van der Waals surface area contributed by atoms with Gasteiger partial charge in [0.05, 0.1) is 5.92 Å². The van der Waals surface area contributed by atoms with E-state index in [-0.39, 0.29) is 24.2 Å². The number of hydrogen-bond donors (Lipinski definition) is 1. The molecule has 2 aromatic rings. The summed E-state index contributed by atoms with van der Waals surface area (Å²) in [5.74, 6) is -0.890. The minimum atomic E-state index is -0.673. The normalized spacial score (nSPS) is 21.4. The average Bonchev–Trinajstić information content (AvgIpc) is 2.56. The van der Waals surface area contributed by atoms with Gasteiger partial charge in [-0.25, -0.2) is 0 Å². The number of rotatable bonds is 4. The quantitative estimate of drug-likeness (QED) is 0.926. The summed E-state index contributed by atoms with van der Waals surface area (Å²) < 4.78 is 0. The summed E-state index contributed by atoms with van der Waals surface area (Å²) in [4.78, 5) is 14.0. The molecule has 0 unspecified atom stereocenters. The van der Waals surface area contributed by atoms with E-state index in [4.69, 9.17) is 0 Å². The topological polar surface area (TPSA) is 40.5 Å². The van der Waals surface area contributed by atoms with Gasteiger partial charge >= 0.3 is 5.97 Å². The molecule has 2 aromatic carbocycles. The molecule has 0 amide bonds. The molecular formula is C19H22ClNO2. The van der Waals surface area contributed by atoms with Crippen molar-refractivity contribution < 1.29 is 9.90 Å². The molecule has 1 aliphatic heterocycles. The molecule has 0 bridgehead atoms. The molecule has 1 N–H and O–H groups in total. The zero-order valence-electron chi connectivity index (χ0n) is 13.0. The molecule has 3 nitrogen and oxygen atoms in total. The van der Waals surface area contributed by atoms with Gasteiger partial charge in [-0.05, 0) is 24.1 Å². The third-order valence-electron chi connectivity index (χ3n) is 4.49. The maximum atomic E-state index is 11.6. The number of likely N-dealkylation sites (tertiary alicyclic amines) is 1. The maximum Gasteiger partial charge on any atom is 0.307 e. The number of aliphatic carboxylic acids is 1. The third kappa shape index (κ3) is 4.34. The van der Waals surface area contributed by atoms with Crippen LogP contribution in [0.5, 0.6) is 0 Å². The summed E-state index contributed by atoms with van der Waals surface area (Å²) in [6, 6.07) is 20.4. The molecule has 0 aromatic heterocycles. The zero-order chi connectivity index (χ0) is 15.4. The van der Waals surface area contributed by atoms with Crippen molar-refractivity contribution in [3.05, 3.63) is 71.8 Å². The number of piperidine rings is 1. The number of halogens is 1. The van der Waals surface area contributed by atoms with E-state index in [0.717, 1.165) is 25.2 Å². The summed E-state index contributed by atoms with van der Waals surface area (Å²) in [5, 5.41) is 9.53. The molecule has 1 aliphatic rings. The minimum Gasteiger partial charge on any atom is -0.481 e. The van der Waals surface area contributed by atoms with Crippen LogP contribution in [-0.4, -0.2) is 29.1 Å². The summed E-state index contributed by atoms with van der Waals surface area (Å²) in [5.41, 5.74) is 2.41. The first kappa shape index (κ1) is 17.5. The van der Waals surface area contributed by atoms with E-state index < -0.39 is 5.97 Å². The fraction of sp³-hybridized carbons (Fsp3) is 0.316. The maximum absolute atomic E-state index is 11.6. The Labute approximate surface area is 143 Å². The number of hydrogen-bond acceptors (Lipinski definition) is 2. The van der Waals surface area contributed by atoms with Crippen LogP contribution in [0.15, 0.2) is 60.7 Å². The average molecular weight is 332 g/mol. The van der Waals surface area contributed by atoms with Crippen LogP contribution in [0.2, 0.25) is 0 Å². The molecule has 0 spiro atoms. The molecule has 1 saturated heterocycles. The van der Waals surface area contributed by atoms with Crippen LogP contribution < -0.4 is 0 Å². The first-order chi connectivity index (χ1) is 10.7. The van der Waals surface area contributed by atoms with Gasteiger partial charge in [0.1, 0.15) is 0 Å². The van der Waals surface area contributed by atoms with Crippen molar-refractivity contribution in [2.75, 3.05) is 13.1 Å². The lowest BCUT2D eigenvalue weighted by Gasteiger charge is -2.37. The molecule has 23 heavy (non-hydrogen) atoms. The monoisotopic (exact) mass is 331 g/mol. The molecule has 3 rings (SSSR count). The molecular weight excluding hydrogens is 310 g/mol. The van der Waals surface area contributed by atoms with Gasteiger partial charge in [-0.2, -0.15) is 0 Å². The third-order valence-corrected chi connectivity index (χ3v) is 4.49. The summed E-state index contributed by atoms with van der Waals surface area (Å²) in [6.45, 7) is 2.53. The Kier molecular flexibility index (Phi) is 6.20. The lowest BCUT2D eigenvalue weighted by Crippen LogP contribution is -2.41. The molecule has 1 fully saturated rings. The SMILES string of the molecule is Cl.O=C(O)[C@@H]1CCN(Cc2ccccc2)C[C@H]1c1ccccc1. The fourth-order valence-corrected chi connectivity index (χ4v) is 3.34. The van der Waals surface area contributed by atoms with Gasteiger partial charge in [0.15, 0.2) is 0 Å². The second-order valence-electron chi connectivity index (χ2n) is 5.97. The van der Waals surface area contributed by atoms with E-state index in [0.29, 0.717) is 6.42 Å². The van der Waals surface area contributed by atoms with Crippen molar-refractivity contribution in [2.24, 2.45) is 5.92 Å². The summed E-state index contributed by atoms with van der Waals surface area (Å²) in [6.07, 6.45) is 0.710. The van der Waals surface area contributed by atoms with Gasteiger partial charge in [-0.1, -0.05) is 60.7 Å². The fourth-order valence-electron chi connectivity index (χ4n) is 3.34. The molecule has 0 saturated carbocycles. The Bertz CT molecular complexity index is 618. The molecule has 1 heterocycles. The lowest BCUT2D eigenvalue weighted by molar-refractivity contribution is -0.144. The summed E-state index contributed by atoms with van der Waals surface area (Å²) in [7, 11) is 0. The Morgan fingerprint density at radius 1 is 1.04 bits per heavy atom. The van der Waals surface area contributed by atoms with Crippen molar-refractivity contribution in [3.63, 3.8) is 0 Å². The van der Waals surface area contributed by atoms with Crippen LogP contribution in [0.4, 0.5) is 0 Å². The predicted molar refractivity (Wildman–Crippen MR) is 93.9 cm³/mol. The molecule has 4 heteroatoms. The number of carboxylic acids is 1. The largest absolute Gasteiger partial charge is 0.481 e. The van der Waals surface area contributed by atoms with Crippen LogP contribution >= 0.6 is 12.4 Å². The van der Waals surface area contributed by atoms with Gasteiger partial charge in [-0.3, -0.25) is 9.69 Å². The number of benzene rings is 2. The van der Waals surface area contributed by atoms with E-state index in [9.17, 15) is 9.90 Å². The Hall–Kier alpha value is -1.84. The van der Waals surface area contributed by atoms with Crippen LogP contribution in [0.3, 0.4) is 0 Å². The minimum absolute atomic E-state index is 0. The van der Waals surface area contributed by atoms with E-state index in [1.165, 1.54) is 5.56 Å². The van der Waals surface area contributed by atoms with E-state index in [1.54, 1.807) is 0 Å². The van der Waals surface area contributed by atoms with Crippen molar-refractivity contribution in [1.29, 1.82) is 0 Å². The highest BCUT2D eigenvalue weighted by Crippen LogP contribution is 2.33. The number of carboxylic acid groups (broad SMARTS) is 1. The number of carbonyl (C=O) groups is 1. The Morgan fingerprint density at radius 3 is 2.26 bits per heavy atom. The first-order valence-corrected chi connectivity index (χ1v) is 7.78. The highest BCUT2D eigenvalue weighted by Gasteiger charge is 2.34. The highest BCUT2D eigenvalue weighted by molar-refractivity contribution is 5.85. The molecule has 122 valence electrons. The molecule has 2 atom stereocenters.